The van der Waals surface area contributed by atoms with Crippen molar-refractivity contribution in [2.45, 2.75) is 483 Å². The van der Waals surface area contributed by atoms with Crippen molar-refractivity contribution in [3.8, 4) is 0 Å². The molecular formula is C105H202N26O. The van der Waals surface area contributed by atoms with Gasteiger partial charge < -0.3 is 34.6 Å². The summed E-state index contributed by atoms with van der Waals surface area (Å²) in [6.45, 7) is 89.9. The molecule has 0 atom stereocenters. The van der Waals surface area contributed by atoms with Crippen LogP contribution in [0.2, 0.25) is 0 Å². The van der Waals surface area contributed by atoms with Gasteiger partial charge in [0, 0.05) is 158 Å². The zero-order valence-corrected chi connectivity index (χ0v) is 94.5. The highest BCUT2D eigenvalue weighted by atomic mass is 16.5. The highest BCUT2D eigenvalue weighted by Crippen LogP contribution is 2.49. The maximum atomic E-state index is 5.60. The van der Waals surface area contributed by atoms with Crippen molar-refractivity contribution in [3.05, 3.63) is 17.5 Å². The number of rotatable bonds is 19. The van der Waals surface area contributed by atoms with Crippen LogP contribution in [0, 0.1) is 26.7 Å². The minimum atomic E-state index is 0.0494. The molecule has 0 spiro atoms. The largest absolute Gasteiger partial charge is 0.378 e. The first kappa shape index (κ1) is 111. The molecule has 12 rings (SSSR count). The average Bonchev–Trinajstić information content (AvgIpc) is 0.760. The lowest BCUT2D eigenvalue weighted by atomic mass is 9.75. The number of nitrogens with one attached hydrogen (secondary N) is 1. The monoisotopic (exact) mass is 1840 g/mol. The summed E-state index contributed by atoms with van der Waals surface area (Å²) >= 11 is 0. The maximum absolute atomic E-state index is 5.60. The number of hydrogen-bond acceptors (Lipinski definition) is 27. The number of aryl methyl sites for hydroxylation is 3. The Labute approximate surface area is 808 Å². The van der Waals surface area contributed by atoms with Crippen LogP contribution in [0.25, 0.3) is 0 Å². The number of likely N-dealkylation sites (tertiary alicyclic amines) is 8. The summed E-state index contributed by atoms with van der Waals surface area (Å²) in [6.07, 6.45) is 17.9. The standard InChI is InChI=1S/C37H71N9.C30H56N8O.C27H52N8.C11H23N/c1-26-38-30(42(15)28-21-34(6,7)44(17)35(8,9)22-28)40-31(39-26)46(29-23-36(10,11)45(18)37(12,13)24-29)25-41(14)27-19-32(2,3)43(16)33(4,5)20-27;1-22-31-25(37-13-15-39-16-14-37)33-26(32-22)38(24-19-29(6,7)36(12)30(8,9)20-24)21-34(10)23-17-27(2,3)35(11)28(4,5)18-23;1-19-29-22(28-10)31-23(30-19)35(21-16-26(6,7)34(13)27(8,9)17-21)18-32(11)20-14-24(2,3)33(12)25(4,5)15-20;1-9-7-10(2,3)12(6)11(4,5)8-9/h27-29H,19-25H2,1-18H3;23-24H,13-21H2,1-12H3;20-21H,14-18H2,1-13H3,(H,28,29,30,31);9H,7-8H2,1-6H3. The van der Waals surface area contributed by atoms with E-state index >= 15 is 0 Å². The van der Waals surface area contributed by atoms with Gasteiger partial charge in [-0.3, -0.25) is 53.9 Å². The van der Waals surface area contributed by atoms with Crippen molar-refractivity contribution in [1.29, 1.82) is 0 Å². The van der Waals surface area contributed by atoms with E-state index < -0.39 is 0 Å². The molecule has 0 saturated carbocycles. The highest BCUT2D eigenvalue weighted by Gasteiger charge is 2.54. The summed E-state index contributed by atoms with van der Waals surface area (Å²) in [6, 6.07) is 2.72. The van der Waals surface area contributed by atoms with Crippen LogP contribution in [0.5, 0.6) is 0 Å². The van der Waals surface area contributed by atoms with Gasteiger partial charge in [0.1, 0.15) is 17.5 Å². The van der Waals surface area contributed by atoms with Crippen LogP contribution in [0.4, 0.5) is 35.7 Å². The molecule has 9 aliphatic rings. The second-order valence-corrected chi connectivity index (χ2v) is 53.5. The molecule has 0 bridgehead atoms. The predicted octanol–water partition coefficient (Wildman–Crippen LogP) is 17.4. The maximum Gasteiger partial charge on any atom is 0.231 e. The molecule has 12 heterocycles. The molecule has 0 amide bonds. The first-order chi connectivity index (χ1) is 59.8. The van der Waals surface area contributed by atoms with Gasteiger partial charge in [0.2, 0.25) is 35.7 Å². The fourth-order valence-electron chi connectivity index (χ4n) is 26.2. The van der Waals surface area contributed by atoms with Gasteiger partial charge in [-0.2, -0.15) is 44.9 Å². The van der Waals surface area contributed by atoms with E-state index in [1.54, 1.807) is 0 Å². The molecule has 27 heteroatoms. The fraction of sp³-hybridized carbons (Fsp3) is 0.914. The number of piperidine rings is 8. The van der Waals surface area contributed by atoms with Gasteiger partial charge in [-0.25, -0.2) is 0 Å². The molecule has 0 aromatic carbocycles. The van der Waals surface area contributed by atoms with E-state index in [1.807, 2.05) is 27.8 Å². The number of nitrogens with zero attached hydrogens (tertiary/aromatic N) is 25. The third-order valence-corrected chi connectivity index (χ3v) is 36.2. The molecule has 27 nitrogen and oxygen atoms in total. The molecule has 9 saturated heterocycles. The van der Waals surface area contributed by atoms with E-state index in [9.17, 15) is 0 Å². The quantitative estimate of drug-likeness (QED) is 0.111. The molecule has 132 heavy (non-hydrogen) atoms. The Morgan fingerprint density at radius 2 is 0.485 bits per heavy atom. The third-order valence-electron chi connectivity index (χ3n) is 36.2. The van der Waals surface area contributed by atoms with E-state index in [0.717, 1.165) is 176 Å². The lowest BCUT2D eigenvalue weighted by Crippen LogP contribution is -2.65. The summed E-state index contributed by atoms with van der Waals surface area (Å²) < 4.78 is 5.60. The first-order valence-electron chi connectivity index (χ1n) is 51.0. The molecule has 9 aliphatic heterocycles. The van der Waals surface area contributed by atoms with Gasteiger partial charge in [-0.05, 0) is 429 Å². The number of ether oxygens (including phenoxy) is 1. The van der Waals surface area contributed by atoms with Gasteiger partial charge in [-0.1, -0.05) is 6.92 Å². The Balaban J connectivity index is 0.000000210. The molecule has 9 fully saturated rings. The van der Waals surface area contributed by atoms with Crippen molar-refractivity contribution in [2.24, 2.45) is 5.92 Å². The summed E-state index contributed by atoms with van der Waals surface area (Å²) in [5.74, 6) is 7.80. The van der Waals surface area contributed by atoms with E-state index in [4.69, 9.17) is 44.6 Å². The third kappa shape index (κ3) is 25.2. The molecule has 758 valence electrons. The van der Waals surface area contributed by atoms with Crippen molar-refractivity contribution in [1.82, 2.24) is 98.8 Å². The summed E-state index contributed by atoms with van der Waals surface area (Å²) in [7, 11) is 29.2. The predicted molar refractivity (Wildman–Crippen MR) is 557 cm³/mol. The van der Waals surface area contributed by atoms with Crippen molar-refractivity contribution >= 4 is 35.7 Å². The van der Waals surface area contributed by atoms with Gasteiger partial charge in [-0.15, -0.1) is 0 Å². The van der Waals surface area contributed by atoms with Crippen LogP contribution < -0.4 is 29.8 Å². The molecule has 0 aliphatic carbocycles. The van der Waals surface area contributed by atoms with Gasteiger partial charge in [0.05, 0.1) is 33.2 Å². The fourth-order valence-corrected chi connectivity index (χ4v) is 26.2. The van der Waals surface area contributed by atoms with Crippen molar-refractivity contribution in [2.75, 3.05) is 168 Å². The van der Waals surface area contributed by atoms with Gasteiger partial charge >= 0.3 is 0 Å². The van der Waals surface area contributed by atoms with Crippen LogP contribution in [0.15, 0.2) is 0 Å². The zero-order chi connectivity index (χ0) is 100. The Morgan fingerprint density at radius 3 is 0.750 bits per heavy atom. The van der Waals surface area contributed by atoms with Crippen LogP contribution in [-0.4, -0.2) is 368 Å². The van der Waals surface area contributed by atoms with E-state index in [0.29, 0.717) is 72.5 Å². The lowest BCUT2D eigenvalue weighted by molar-refractivity contribution is -0.0453. The number of morpholine rings is 1. The number of anilines is 6. The van der Waals surface area contributed by atoms with E-state index in [-0.39, 0.29) is 77.5 Å². The Morgan fingerprint density at radius 1 is 0.273 bits per heavy atom. The summed E-state index contributed by atoms with van der Waals surface area (Å²) in [5.41, 5.74) is 2.11. The van der Waals surface area contributed by atoms with Crippen LogP contribution in [-0.2, 0) is 4.74 Å². The van der Waals surface area contributed by atoms with E-state index in [1.165, 1.54) is 12.8 Å². The van der Waals surface area contributed by atoms with Crippen LogP contribution >= 0.6 is 0 Å². The molecule has 0 radical (unpaired) electrons. The molecule has 0 unspecified atom stereocenters. The molecule has 3 aromatic rings. The van der Waals surface area contributed by atoms with E-state index in [2.05, 4.69) is 402 Å². The Kier molecular flexibility index (Phi) is 33.2. The average molecular weight is 1840 g/mol. The number of aromatic nitrogens is 9. The highest BCUT2D eigenvalue weighted by molar-refractivity contribution is 5.44. The van der Waals surface area contributed by atoms with Crippen LogP contribution in [0.1, 0.15) is 349 Å². The SMILES string of the molecule is CC1CC(C)(C)N(C)C(C)(C)C1.CNc1nc(C)nc(N(CN(C)C2CC(C)(C)N(C)C(C)(C)C2)C2CC(C)(C)N(C)C(C)(C)C2)n1.Cc1nc(N(C)C2CC(C)(C)N(C)C(C)(C)C2)nc(N(CN(C)C2CC(C)(C)N(C)C(C)(C)C2)C2CC(C)(C)N(C)C(C)(C)C2)n1.Cc1nc(N2CCOCC2)nc(N(CN(C)C2CC(C)(C)N(C)C(C)(C)C2)C2CC(C)(C)N(C)C(C)(C)C2)n1. The van der Waals surface area contributed by atoms with Crippen molar-refractivity contribution < 1.29 is 4.74 Å². The first-order valence-corrected chi connectivity index (χ1v) is 51.0. The smallest absolute Gasteiger partial charge is 0.231 e. The second kappa shape index (κ2) is 39.4. The Hall–Kier alpha value is -4.65. The van der Waals surface area contributed by atoms with Gasteiger partial charge in [0.15, 0.2) is 0 Å². The summed E-state index contributed by atoms with van der Waals surface area (Å²) in [5, 5.41) is 3.13. The number of hydrogen-bond donors (Lipinski definition) is 1. The summed E-state index contributed by atoms with van der Waals surface area (Å²) in [4.78, 5) is 84.8. The second-order valence-electron chi connectivity index (χ2n) is 53.5. The van der Waals surface area contributed by atoms with Crippen LogP contribution in [0.3, 0.4) is 0 Å². The van der Waals surface area contributed by atoms with Gasteiger partial charge in [0.25, 0.3) is 0 Å². The topological polar surface area (TPSA) is 189 Å². The molecule has 3 aromatic heterocycles. The molecule has 1 N–H and O–H groups in total. The lowest BCUT2D eigenvalue weighted by Gasteiger charge is -2.57. The Bertz CT molecular complexity index is 4140. The zero-order valence-electron chi connectivity index (χ0n) is 94.5. The minimum Gasteiger partial charge on any atom is -0.378 e. The van der Waals surface area contributed by atoms with Crippen molar-refractivity contribution in [3.63, 3.8) is 0 Å². The minimum absolute atomic E-state index is 0.0494. The molecular weight excluding hydrogens is 1640 g/mol. The normalized spacial score (nSPS) is 26.7.